The van der Waals surface area contributed by atoms with Crippen LogP contribution in [0.25, 0.3) is 0 Å². The molecule has 1 N–H and O–H groups in total. The second kappa shape index (κ2) is 5.57. The van der Waals surface area contributed by atoms with Crippen LogP contribution in [0.1, 0.15) is 25.3 Å². The highest BCUT2D eigenvalue weighted by molar-refractivity contribution is 6.42. The zero-order valence-corrected chi connectivity index (χ0v) is 11.4. The Morgan fingerprint density at radius 1 is 1.35 bits per heavy atom. The van der Waals surface area contributed by atoms with E-state index in [-0.39, 0.29) is 5.60 Å². The number of nitrogens with one attached hydrogen (secondary N) is 1. The summed E-state index contributed by atoms with van der Waals surface area (Å²) < 4.78 is 6.02. The Kier molecular flexibility index (Phi) is 4.31. The van der Waals surface area contributed by atoms with Crippen molar-refractivity contribution in [3.8, 4) is 0 Å². The van der Waals surface area contributed by atoms with Crippen LogP contribution in [-0.4, -0.2) is 19.7 Å². The van der Waals surface area contributed by atoms with Crippen molar-refractivity contribution in [3.63, 3.8) is 0 Å². The molecule has 1 heterocycles. The highest BCUT2D eigenvalue weighted by Gasteiger charge is 2.34. The topological polar surface area (TPSA) is 21.3 Å². The van der Waals surface area contributed by atoms with Gasteiger partial charge in [-0.1, -0.05) is 42.6 Å². The first kappa shape index (κ1) is 13.2. The summed E-state index contributed by atoms with van der Waals surface area (Å²) in [6.07, 6.45) is 2.06. The van der Waals surface area contributed by atoms with E-state index in [0.717, 1.165) is 38.1 Å². The molecule has 2 nitrogen and oxygen atoms in total. The van der Waals surface area contributed by atoms with Gasteiger partial charge in [-0.3, -0.25) is 0 Å². The lowest BCUT2D eigenvalue weighted by Gasteiger charge is -2.38. The SMILES string of the molecule is CCCC1(c2ccc(Cl)c(Cl)c2)CNCCO1. The first-order valence-corrected chi connectivity index (χ1v) is 6.74. The van der Waals surface area contributed by atoms with Crippen molar-refractivity contribution < 1.29 is 4.74 Å². The van der Waals surface area contributed by atoms with Crippen LogP contribution in [0.2, 0.25) is 10.0 Å². The van der Waals surface area contributed by atoms with Crippen LogP contribution in [0.3, 0.4) is 0 Å². The van der Waals surface area contributed by atoms with Gasteiger partial charge in [0.25, 0.3) is 0 Å². The minimum Gasteiger partial charge on any atom is -0.368 e. The molecule has 0 spiro atoms. The van der Waals surface area contributed by atoms with Gasteiger partial charge < -0.3 is 10.1 Å². The lowest BCUT2D eigenvalue weighted by molar-refractivity contribution is -0.0772. The second-order valence-electron chi connectivity index (χ2n) is 4.40. The normalized spacial score (nSPS) is 24.9. The molecule has 1 aliphatic heterocycles. The van der Waals surface area contributed by atoms with Crippen LogP contribution in [0.4, 0.5) is 0 Å². The zero-order valence-electron chi connectivity index (χ0n) is 9.93. The number of hydrogen-bond acceptors (Lipinski definition) is 2. The Morgan fingerprint density at radius 3 is 2.76 bits per heavy atom. The molecule has 4 heteroatoms. The van der Waals surface area contributed by atoms with Gasteiger partial charge in [0.15, 0.2) is 0 Å². The van der Waals surface area contributed by atoms with E-state index in [2.05, 4.69) is 12.2 Å². The fraction of sp³-hybridized carbons (Fsp3) is 0.538. The van der Waals surface area contributed by atoms with E-state index >= 15 is 0 Å². The molecule has 0 aromatic heterocycles. The van der Waals surface area contributed by atoms with Crippen LogP contribution in [-0.2, 0) is 10.3 Å². The molecule has 1 fully saturated rings. The molecule has 1 aromatic carbocycles. The van der Waals surface area contributed by atoms with E-state index in [1.54, 1.807) is 0 Å². The van der Waals surface area contributed by atoms with Crippen molar-refractivity contribution in [1.82, 2.24) is 5.32 Å². The van der Waals surface area contributed by atoms with Crippen LogP contribution in [0, 0.1) is 0 Å². The number of ether oxygens (including phenoxy) is 1. The minimum absolute atomic E-state index is 0.249. The third kappa shape index (κ3) is 2.76. The van der Waals surface area contributed by atoms with Gasteiger partial charge in [0.05, 0.1) is 16.7 Å². The Hall–Kier alpha value is -0.280. The standard InChI is InChI=1S/C13H17Cl2NO/c1-2-5-13(9-16-6-7-17-13)10-3-4-11(14)12(15)8-10/h3-4,8,16H,2,5-7,9H2,1H3. The van der Waals surface area contributed by atoms with Gasteiger partial charge in [-0.2, -0.15) is 0 Å². The third-order valence-corrected chi connectivity index (χ3v) is 3.91. The fourth-order valence-corrected chi connectivity index (χ4v) is 2.63. The summed E-state index contributed by atoms with van der Waals surface area (Å²) in [6.45, 7) is 4.64. The summed E-state index contributed by atoms with van der Waals surface area (Å²) >= 11 is 12.0. The molecule has 1 unspecified atom stereocenters. The predicted octanol–water partition coefficient (Wildman–Crippen LogP) is 3.61. The van der Waals surface area contributed by atoms with Crippen molar-refractivity contribution in [2.45, 2.75) is 25.4 Å². The lowest BCUT2D eigenvalue weighted by atomic mass is 9.88. The van der Waals surface area contributed by atoms with Crippen molar-refractivity contribution >= 4 is 23.2 Å². The van der Waals surface area contributed by atoms with Crippen molar-refractivity contribution in [2.75, 3.05) is 19.7 Å². The molecule has 0 bridgehead atoms. The Balaban J connectivity index is 2.34. The zero-order chi connectivity index (χ0) is 12.3. The smallest absolute Gasteiger partial charge is 0.106 e. The van der Waals surface area contributed by atoms with Gasteiger partial charge in [0.1, 0.15) is 5.60 Å². The molecule has 0 aliphatic carbocycles. The van der Waals surface area contributed by atoms with E-state index in [4.69, 9.17) is 27.9 Å². The summed E-state index contributed by atoms with van der Waals surface area (Å²) in [7, 11) is 0. The Labute approximate surface area is 112 Å². The molecule has 0 saturated carbocycles. The highest BCUT2D eigenvalue weighted by Crippen LogP contribution is 2.35. The fourth-order valence-electron chi connectivity index (χ4n) is 2.33. The van der Waals surface area contributed by atoms with Gasteiger partial charge in [-0.15, -0.1) is 0 Å². The quantitative estimate of drug-likeness (QED) is 0.909. The maximum absolute atomic E-state index is 6.09. The van der Waals surface area contributed by atoms with E-state index in [0.29, 0.717) is 10.0 Å². The first-order valence-electron chi connectivity index (χ1n) is 5.98. The van der Waals surface area contributed by atoms with E-state index in [1.165, 1.54) is 0 Å². The molecule has 1 atom stereocenters. The number of hydrogen-bond donors (Lipinski definition) is 1. The van der Waals surface area contributed by atoms with Crippen molar-refractivity contribution in [1.29, 1.82) is 0 Å². The summed E-state index contributed by atoms with van der Waals surface area (Å²) in [5, 5.41) is 4.57. The molecule has 0 radical (unpaired) electrons. The predicted molar refractivity (Wildman–Crippen MR) is 71.9 cm³/mol. The monoisotopic (exact) mass is 273 g/mol. The first-order chi connectivity index (χ1) is 8.18. The largest absolute Gasteiger partial charge is 0.368 e. The van der Waals surface area contributed by atoms with Crippen molar-refractivity contribution in [3.05, 3.63) is 33.8 Å². The van der Waals surface area contributed by atoms with E-state index in [9.17, 15) is 0 Å². The molecule has 1 aliphatic rings. The molecular weight excluding hydrogens is 257 g/mol. The maximum Gasteiger partial charge on any atom is 0.106 e. The second-order valence-corrected chi connectivity index (χ2v) is 5.21. The highest BCUT2D eigenvalue weighted by atomic mass is 35.5. The number of rotatable bonds is 3. The third-order valence-electron chi connectivity index (χ3n) is 3.17. The Morgan fingerprint density at radius 2 is 2.18 bits per heavy atom. The summed E-state index contributed by atoms with van der Waals surface area (Å²) in [6, 6.07) is 5.78. The maximum atomic E-state index is 6.09. The Bertz CT molecular complexity index is 383. The van der Waals surface area contributed by atoms with Crippen molar-refractivity contribution in [2.24, 2.45) is 0 Å². The van der Waals surface area contributed by atoms with E-state index < -0.39 is 0 Å². The summed E-state index contributed by atoms with van der Waals surface area (Å²) in [5.41, 5.74) is 0.863. The molecular formula is C13H17Cl2NO. The number of halogens is 2. The summed E-state index contributed by atoms with van der Waals surface area (Å²) in [5.74, 6) is 0. The molecule has 1 aromatic rings. The van der Waals surface area contributed by atoms with Gasteiger partial charge in [-0.25, -0.2) is 0 Å². The van der Waals surface area contributed by atoms with E-state index in [1.807, 2.05) is 18.2 Å². The molecule has 2 rings (SSSR count). The van der Waals surface area contributed by atoms with Gasteiger partial charge in [0.2, 0.25) is 0 Å². The minimum atomic E-state index is -0.249. The van der Waals surface area contributed by atoms with Crippen LogP contribution >= 0.6 is 23.2 Å². The van der Waals surface area contributed by atoms with Crippen LogP contribution in [0.5, 0.6) is 0 Å². The van der Waals surface area contributed by atoms with Gasteiger partial charge in [0, 0.05) is 13.1 Å². The average molecular weight is 274 g/mol. The number of benzene rings is 1. The summed E-state index contributed by atoms with van der Waals surface area (Å²) in [4.78, 5) is 0. The average Bonchev–Trinajstić information content (AvgIpc) is 2.34. The van der Waals surface area contributed by atoms with Gasteiger partial charge >= 0.3 is 0 Å². The molecule has 0 amide bonds. The van der Waals surface area contributed by atoms with Crippen LogP contribution in [0.15, 0.2) is 18.2 Å². The number of morpholine rings is 1. The molecule has 1 saturated heterocycles. The molecule has 17 heavy (non-hydrogen) atoms. The van der Waals surface area contributed by atoms with Gasteiger partial charge in [-0.05, 0) is 24.1 Å². The molecule has 94 valence electrons. The van der Waals surface area contributed by atoms with Crippen LogP contribution < -0.4 is 5.32 Å². The lowest BCUT2D eigenvalue weighted by Crippen LogP contribution is -2.47.